The van der Waals surface area contributed by atoms with E-state index >= 15 is 0 Å². The van der Waals surface area contributed by atoms with Crippen LogP contribution < -0.4 is 0 Å². The molecule has 2 atom stereocenters. The fourth-order valence-corrected chi connectivity index (χ4v) is 2.57. The van der Waals surface area contributed by atoms with Crippen molar-refractivity contribution in [2.45, 2.75) is 24.9 Å². The van der Waals surface area contributed by atoms with Crippen molar-refractivity contribution in [3.8, 4) is 0 Å². The van der Waals surface area contributed by atoms with Gasteiger partial charge in [0.15, 0.2) is 0 Å². The SMILES string of the molecule is CO/N=C1\OC(CBr)CC1(C)c1ccccc1. The number of hydrogen-bond donors (Lipinski definition) is 0. The number of oxime groups is 1. The van der Waals surface area contributed by atoms with E-state index in [4.69, 9.17) is 9.57 Å². The normalized spacial score (nSPS) is 30.3. The number of ether oxygens (including phenoxy) is 1. The molecule has 0 amide bonds. The summed E-state index contributed by atoms with van der Waals surface area (Å²) < 4.78 is 5.80. The summed E-state index contributed by atoms with van der Waals surface area (Å²) in [7, 11) is 1.54. The topological polar surface area (TPSA) is 30.8 Å². The second kappa shape index (κ2) is 5.08. The first-order valence-electron chi connectivity index (χ1n) is 5.60. The molecule has 3 nitrogen and oxygen atoms in total. The van der Waals surface area contributed by atoms with E-state index in [0.29, 0.717) is 5.90 Å². The van der Waals surface area contributed by atoms with Crippen LogP contribution in [0.2, 0.25) is 0 Å². The highest BCUT2D eigenvalue weighted by Gasteiger charge is 2.44. The van der Waals surface area contributed by atoms with Crippen molar-refractivity contribution < 1.29 is 9.57 Å². The monoisotopic (exact) mass is 297 g/mol. The van der Waals surface area contributed by atoms with Gasteiger partial charge in [-0.05, 0) is 12.5 Å². The number of hydrogen-bond acceptors (Lipinski definition) is 3. The number of halogens is 1. The van der Waals surface area contributed by atoms with Crippen molar-refractivity contribution in [3.05, 3.63) is 35.9 Å². The lowest BCUT2D eigenvalue weighted by atomic mass is 9.80. The van der Waals surface area contributed by atoms with E-state index < -0.39 is 0 Å². The van der Waals surface area contributed by atoms with Crippen LogP contribution in [-0.2, 0) is 15.0 Å². The average molecular weight is 298 g/mol. The maximum absolute atomic E-state index is 5.80. The van der Waals surface area contributed by atoms with E-state index in [1.807, 2.05) is 18.2 Å². The number of alkyl halides is 1. The van der Waals surface area contributed by atoms with Gasteiger partial charge in [0, 0.05) is 11.8 Å². The Balaban J connectivity index is 2.37. The third-order valence-corrected chi connectivity index (χ3v) is 3.87. The molecule has 2 unspecified atom stereocenters. The molecule has 0 saturated carbocycles. The molecule has 1 heterocycles. The fourth-order valence-electron chi connectivity index (χ4n) is 2.21. The van der Waals surface area contributed by atoms with E-state index in [1.165, 1.54) is 5.56 Å². The van der Waals surface area contributed by atoms with Crippen molar-refractivity contribution in [1.29, 1.82) is 0 Å². The fraction of sp³-hybridized carbons (Fsp3) is 0.462. The molecule has 0 N–H and O–H groups in total. The summed E-state index contributed by atoms with van der Waals surface area (Å²) in [6, 6.07) is 10.3. The molecule has 17 heavy (non-hydrogen) atoms. The number of nitrogens with zero attached hydrogens (tertiary/aromatic N) is 1. The maximum atomic E-state index is 5.80. The van der Waals surface area contributed by atoms with Gasteiger partial charge >= 0.3 is 0 Å². The zero-order valence-corrected chi connectivity index (χ0v) is 11.6. The van der Waals surface area contributed by atoms with Crippen LogP contribution in [0.4, 0.5) is 0 Å². The largest absolute Gasteiger partial charge is 0.474 e. The third-order valence-electron chi connectivity index (χ3n) is 3.14. The molecule has 1 aliphatic heterocycles. The van der Waals surface area contributed by atoms with Crippen LogP contribution in [0.5, 0.6) is 0 Å². The van der Waals surface area contributed by atoms with Crippen molar-refractivity contribution in [2.24, 2.45) is 5.16 Å². The van der Waals surface area contributed by atoms with Crippen LogP contribution in [0.25, 0.3) is 0 Å². The summed E-state index contributed by atoms with van der Waals surface area (Å²) in [6.07, 6.45) is 1.05. The Morgan fingerprint density at radius 3 is 2.76 bits per heavy atom. The van der Waals surface area contributed by atoms with Gasteiger partial charge in [-0.25, -0.2) is 0 Å². The van der Waals surface area contributed by atoms with Crippen LogP contribution in [0.3, 0.4) is 0 Å². The van der Waals surface area contributed by atoms with Gasteiger partial charge in [-0.2, -0.15) is 0 Å². The molecule has 0 spiro atoms. The second-order valence-electron chi connectivity index (χ2n) is 4.38. The highest BCUT2D eigenvalue weighted by molar-refractivity contribution is 9.09. The smallest absolute Gasteiger partial charge is 0.236 e. The molecule has 1 saturated heterocycles. The zero-order valence-electron chi connectivity index (χ0n) is 10.0. The van der Waals surface area contributed by atoms with Gasteiger partial charge in [0.05, 0.1) is 5.41 Å². The van der Waals surface area contributed by atoms with Gasteiger partial charge in [0.2, 0.25) is 5.90 Å². The standard InChI is InChI=1S/C13H16BrNO2/c1-13(10-6-4-3-5-7-10)8-11(9-14)17-12(13)15-16-2/h3-7,11H,8-9H2,1-2H3/b15-12-. The third kappa shape index (κ3) is 2.32. The zero-order chi connectivity index (χ0) is 12.3. The van der Waals surface area contributed by atoms with Gasteiger partial charge in [0.25, 0.3) is 0 Å². The minimum absolute atomic E-state index is 0.147. The Kier molecular flexibility index (Phi) is 3.72. The Morgan fingerprint density at radius 2 is 2.18 bits per heavy atom. The van der Waals surface area contributed by atoms with Crippen LogP contribution in [0.15, 0.2) is 35.5 Å². The first-order valence-corrected chi connectivity index (χ1v) is 6.72. The van der Waals surface area contributed by atoms with Crippen LogP contribution in [0.1, 0.15) is 18.9 Å². The summed E-state index contributed by atoms with van der Waals surface area (Å²) in [5.41, 5.74) is 1.01. The van der Waals surface area contributed by atoms with Crippen molar-refractivity contribution >= 4 is 21.8 Å². The van der Waals surface area contributed by atoms with Gasteiger partial charge in [0.1, 0.15) is 13.2 Å². The van der Waals surface area contributed by atoms with Crippen LogP contribution in [0, 0.1) is 0 Å². The van der Waals surface area contributed by atoms with E-state index in [1.54, 1.807) is 7.11 Å². The highest BCUT2D eigenvalue weighted by Crippen LogP contribution is 2.38. The number of benzene rings is 1. The molecule has 1 fully saturated rings. The van der Waals surface area contributed by atoms with Gasteiger partial charge in [-0.3, -0.25) is 0 Å². The Bertz CT molecular complexity index is 407. The second-order valence-corrected chi connectivity index (χ2v) is 5.02. The molecular weight excluding hydrogens is 282 g/mol. The molecule has 92 valence electrons. The first-order chi connectivity index (χ1) is 8.20. The van der Waals surface area contributed by atoms with Gasteiger partial charge < -0.3 is 9.57 Å². The van der Waals surface area contributed by atoms with E-state index in [2.05, 4.69) is 40.1 Å². The Morgan fingerprint density at radius 1 is 1.47 bits per heavy atom. The predicted molar refractivity (Wildman–Crippen MR) is 71.5 cm³/mol. The number of rotatable bonds is 3. The van der Waals surface area contributed by atoms with Crippen molar-refractivity contribution in [3.63, 3.8) is 0 Å². The quantitative estimate of drug-likeness (QED) is 0.634. The molecule has 0 bridgehead atoms. The summed E-state index contributed by atoms with van der Waals surface area (Å²) in [5.74, 6) is 0.663. The predicted octanol–water partition coefficient (Wildman–Crippen LogP) is 3.09. The Hall–Kier alpha value is -1.03. The maximum Gasteiger partial charge on any atom is 0.236 e. The molecule has 0 aromatic heterocycles. The minimum Gasteiger partial charge on any atom is -0.474 e. The lowest BCUT2D eigenvalue weighted by Gasteiger charge is -2.21. The summed E-state index contributed by atoms with van der Waals surface area (Å²) in [4.78, 5) is 4.88. The molecule has 4 heteroatoms. The van der Waals surface area contributed by atoms with Crippen molar-refractivity contribution in [1.82, 2.24) is 0 Å². The van der Waals surface area contributed by atoms with Crippen LogP contribution in [-0.4, -0.2) is 24.4 Å². The first kappa shape index (κ1) is 12.4. The lowest BCUT2D eigenvalue weighted by molar-refractivity contribution is 0.182. The van der Waals surface area contributed by atoms with E-state index in [0.717, 1.165) is 11.8 Å². The van der Waals surface area contributed by atoms with Gasteiger partial charge in [-0.1, -0.05) is 51.4 Å². The lowest BCUT2D eigenvalue weighted by Crippen LogP contribution is -2.28. The minimum atomic E-state index is -0.199. The molecule has 0 aliphatic carbocycles. The van der Waals surface area contributed by atoms with Crippen molar-refractivity contribution in [2.75, 3.05) is 12.4 Å². The molecule has 2 rings (SSSR count). The highest BCUT2D eigenvalue weighted by atomic mass is 79.9. The summed E-state index contributed by atoms with van der Waals surface area (Å²) in [5, 5.41) is 4.83. The van der Waals surface area contributed by atoms with Gasteiger partial charge in [-0.15, -0.1) is 0 Å². The Labute approximate surface area is 110 Å². The summed E-state index contributed by atoms with van der Waals surface area (Å²) >= 11 is 3.46. The van der Waals surface area contributed by atoms with E-state index in [9.17, 15) is 0 Å². The average Bonchev–Trinajstić information content (AvgIpc) is 2.69. The van der Waals surface area contributed by atoms with E-state index in [-0.39, 0.29) is 11.5 Å². The molecule has 1 aliphatic rings. The summed E-state index contributed by atoms with van der Waals surface area (Å²) in [6.45, 7) is 2.14. The van der Waals surface area contributed by atoms with Crippen LogP contribution >= 0.6 is 15.9 Å². The molecular formula is C13H16BrNO2. The molecule has 0 radical (unpaired) electrons. The molecule has 1 aromatic rings. The molecule has 1 aromatic carbocycles.